The predicted molar refractivity (Wildman–Crippen MR) is 74.5 cm³/mol. The van der Waals surface area contributed by atoms with E-state index in [9.17, 15) is 9.18 Å². The number of benzene rings is 1. The van der Waals surface area contributed by atoms with E-state index in [1.54, 1.807) is 36.0 Å². The molecule has 1 aromatic heterocycles. The number of halogens is 1. The second-order valence-electron chi connectivity index (χ2n) is 4.58. The molecule has 1 aromatic carbocycles. The van der Waals surface area contributed by atoms with Crippen LogP contribution >= 0.6 is 0 Å². The molecule has 1 unspecified atom stereocenters. The highest BCUT2D eigenvalue weighted by Crippen LogP contribution is 2.05. The summed E-state index contributed by atoms with van der Waals surface area (Å²) in [5.41, 5.74) is 0.852. The van der Waals surface area contributed by atoms with Gasteiger partial charge in [-0.2, -0.15) is 5.10 Å². The van der Waals surface area contributed by atoms with Crippen molar-refractivity contribution in [2.45, 2.75) is 19.5 Å². The lowest BCUT2D eigenvalue weighted by atomic mass is 10.2. The number of hydrogen-bond acceptors (Lipinski definition) is 3. The summed E-state index contributed by atoms with van der Waals surface area (Å²) in [7, 11) is 1.81. The standard InChI is InChI=1S/C14H17FN4O/c1-10(17-13-7-8-19(2)18-13)14(20)16-9-11-3-5-12(15)6-4-11/h3-8,10H,9H2,1-2H3,(H,16,20)(H,17,18). The van der Waals surface area contributed by atoms with E-state index in [-0.39, 0.29) is 11.7 Å². The molecule has 0 aliphatic rings. The van der Waals surface area contributed by atoms with Crippen LogP contribution < -0.4 is 10.6 Å². The molecule has 0 fully saturated rings. The Morgan fingerprint density at radius 2 is 2.05 bits per heavy atom. The van der Waals surface area contributed by atoms with Crippen molar-refractivity contribution in [1.82, 2.24) is 15.1 Å². The summed E-state index contributed by atoms with van der Waals surface area (Å²) in [5, 5.41) is 9.94. The summed E-state index contributed by atoms with van der Waals surface area (Å²) in [6, 6.07) is 7.43. The highest BCUT2D eigenvalue weighted by Gasteiger charge is 2.13. The summed E-state index contributed by atoms with van der Waals surface area (Å²) < 4.78 is 14.4. The Kier molecular flexibility index (Phi) is 4.34. The summed E-state index contributed by atoms with van der Waals surface area (Å²) in [6.45, 7) is 2.13. The molecule has 1 atom stereocenters. The molecule has 2 aromatic rings. The highest BCUT2D eigenvalue weighted by molar-refractivity contribution is 5.83. The first kappa shape index (κ1) is 14.0. The predicted octanol–water partition coefficient (Wildman–Crippen LogP) is 1.68. The van der Waals surface area contributed by atoms with Crippen molar-refractivity contribution >= 4 is 11.7 Å². The number of nitrogens with one attached hydrogen (secondary N) is 2. The van der Waals surface area contributed by atoms with E-state index in [0.717, 1.165) is 5.56 Å². The van der Waals surface area contributed by atoms with Crippen molar-refractivity contribution in [3.8, 4) is 0 Å². The molecule has 5 nitrogen and oxygen atoms in total. The van der Waals surface area contributed by atoms with Gasteiger partial charge >= 0.3 is 0 Å². The number of carbonyl (C=O) groups is 1. The number of aryl methyl sites for hydroxylation is 1. The number of anilines is 1. The first-order chi connectivity index (χ1) is 9.54. The van der Waals surface area contributed by atoms with Crippen LogP contribution in [0.3, 0.4) is 0 Å². The van der Waals surface area contributed by atoms with Gasteiger partial charge in [0, 0.05) is 25.9 Å². The van der Waals surface area contributed by atoms with Crippen molar-refractivity contribution in [3.05, 3.63) is 47.9 Å². The topological polar surface area (TPSA) is 59.0 Å². The number of carbonyl (C=O) groups excluding carboxylic acids is 1. The Balaban J connectivity index is 1.83. The lowest BCUT2D eigenvalue weighted by Crippen LogP contribution is -2.37. The molecule has 0 saturated heterocycles. The van der Waals surface area contributed by atoms with E-state index >= 15 is 0 Å². The van der Waals surface area contributed by atoms with Gasteiger partial charge in [-0.15, -0.1) is 0 Å². The van der Waals surface area contributed by atoms with E-state index in [1.165, 1.54) is 12.1 Å². The second-order valence-corrected chi connectivity index (χ2v) is 4.58. The van der Waals surface area contributed by atoms with E-state index in [0.29, 0.717) is 12.4 Å². The fraction of sp³-hybridized carbons (Fsp3) is 0.286. The Labute approximate surface area is 116 Å². The lowest BCUT2D eigenvalue weighted by Gasteiger charge is -2.13. The zero-order valence-electron chi connectivity index (χ0n) is 11.4. The molecule has 1 heterocycles. The summed E-state index contributed by atoms with van der Waals surface area (Å²) in [4.78, 5) is 11.9. The number of amides is 1. The first-order valence-corrected chi connectivity index (χ1v) is 6.33. The SMILES string of the molecule is CC(Nc1ccn(C)n1)C(=O)NCc1ccc(F)cc1. The number of aromatic nitrogens is 2. The highest BCUT2D eigenvalue weighted by atomic mass is 19.1. The quantitative estimate of drug-likeness (QED) is 0.873. The smallest absolute Gasteiger partial charge is 0.242 e. The van der Waals surface area contributed by atoms with Crippen LogP contribution in [0, 0.1) is 5.82 Å². The molecule has 0 saturated carbocycles. The van der Waals surface area contributed by atoms with Gasteiger partial charge in [0.05, 0.1) is 0 Å². The van der Waals surface area contributed by atoms with Crippen molar-refractivity contribution in [2.24, 2.45) is 7.05 Å². The minimum Gasteiger partial charge on any atom is -0.357 e. The molecular formula is C14H17FN4O. The Morgan fingerprint density at radius 3 is 2.65 bits per heavy atom. The molecule has 2 rings (SSSR count). The van der Waals surface area contributed by atoms with Crippen molar-refractivity contribution in [3.63, 3.8) is 0 Å². The van der Waals surface area contributed by atoms with E-state index in [4.69, 9.17) is 0 Å². The molecule has 0 spiro atoms. The third kappa shape index (κ3) is 3.81. The minimum atomic E-state index is -0.398. The maximum atomic E-state index is 12.8. The van der Waals surface area contributed by atoms with Gasteiger partial charge in [0.2, 0.25) is 5.91 Å². The number of rotatable bonds is 5. The van der Waals surface area contributed by atoms with Gasteiger partial charge in [-0.1, -0.05) is 12.1 Å². The van der Waals surface area contributed by atoms with E-state index < -0.39 is 6.04 Å². The zero-order valence-corrected chi connectivity index (χ0v) is 11.4. The summed E-state index contributed by atoms with van der Waals surface area (Å²) >= 11 is 0. The molecule has 106 valence electrons. The third-order valence-corrected chi connectivity index (χ3v) is 2.85. The van der Waals surface area contributed by atoms with Gasteiger partial charge in [-0.3, -0.25) is 9.48 Å². The molecule has 2 N–H and O–H groups in total. The Hall–Kier alpha value is -2.37. The van der Waals surface area contributed by atoms with Crippen LogP contribution in [0.5, 0.6) is 0 Å². The van der Waals surface area contributed by atoms with Crippen molar-refractivity contribution < 1.29 is 9.18 Å². The van der Waals surface area contributed by atoms with Gasteiger partial charge in [0.25, 0.3) is 0 Å². The second kappa shape index (κ2) is 6.18. The third-order valence-electron chi connectivity index (χ3n) is 2.85. The molecule has 6 heteroatoms. The monoisotopic (exact) mass is 276 g/mol. The molecule has 1 amide bonds. The van der Waals surface area contributed by atoms with Crippen LogP contribution in [0.1, 0.15) is 12.5 Å². The van der Waals surface area contributed by atoms with Crippen LogP contribution in [-0.2, 0) is 18.4 Å². The fourth-order valence-corrected chi connectivity index (χ4v) is 1.72. The van der Waals surface area contributed by atoms with E-state index in [1.807, 2.05) is 7.05 Å². The molecule has 20 heavy (non-hydrogen) atoms. The Morgan fingerprint density at radius 1 is 1.35 bits per heavy atom. The number of nitrogens with zero attached hydrogens (tertiary/aromatic N) is 2. The van der Waals surface area contributed by atoms with Gasteiger partial charge in [0.15, 0.2) is 0 Å². The number of hydrogen-bond donors (Lipinski definition) is 2. The average molecular weight is 276 g/mol. The maximum Gasteiger partial charge on any atom is 0.242 e. The first-order valence-electron chi connectivity index (χ1n) is 6.33. The van der Waals surface area contributed by atoms with Crippen LogP contribution in [-0.4, -0.2) is 21.7 Å². The van der Waals surface area contributed by atoms with E-state index in [2.05, 4.69) is 15.7 Å². The van der Waals surface area contributed by atoms with Gasteiger partial charge in [-0.25, -0.2) is 4.39 Å². The maximum absolute atomic E-state index is 12.8. The molecule has 0 aliphatic carbocycles. The van der Waals surface area contributed by atoms with Crippen LogP contribution in [0.4, 0.5) is 10.2 Å². The summed E-state index contributed by atoms with van der Waals surface area (Å²) in [5.74, 6) is 0.224. The zero-order chi connectivity index (χ0) is 14.5. The summed E-state index contributed by atoms with van der Waals surface area (Å²) in [6.07, 6.45) is 1.80. The molecule has 0 radical (unpaired) electrons. The van der Waals surface area contributed by atoms with Crippen LogP contribution in [0.2, 0.25) is 0 Å². The van der Waals surface area contributed by atoms with Gasteiger partial charge < -0.3 is 10.6 Å². The Bertz CT molecular complexity index is 579. The average Bonchev–Trinajstić information content (AvgIpc) is 2.83. The molecule has 0 aliphatic heterocycles. The normalized spacial score (nSPS) is 11.9. The molecule has 0 bridgehead atoms. The van der Waals surface area contributed by atoms with Crippen LogP contribution in [0.25, 0.3) is 0 Å². The lowest BCUT2D eigenvalue weighted by molar-refractivity contribution is -0.121. The van der Waals surface area contributed by atoms with Gasteiger partial charge in [0.1, 0.15) is 17.7 Å². The fourth-order valence-electron chi connectivity index (χ4n) is 1.72. The molecular weight excluding hydrogens is 259 g/mol. The van der Waals surface area contributed by atoms with Crippen molar-refractivity contribution in [2.75, 3.05) is 5.32 Å². The largest absolute Gasteiger partial charge is 0.357 e. The van der Waals surface area contributed by atoms with Crippen LogP contribution in [0.15, 0.2) is 36.5 Å². The van der Waals surface area contributed by atoms with Crippen molar-refractivity contribution in [1.29, 1.82) is 0 Å². The van der Waals surface area contributed by atoms with Gasteiger partial charge in [-0.05, 0) is 24.6 Å². The minimum absolute atomic E-state index is 0.139.